The predicted octanol–water partition coefficient (Wildman–Crippen LogP) is 2.58. The number of nitrogens with two attached hydrogens (primary N) is 1. The third kappa shape index (κ3) is 3.78. The fourth-order valence-corrected chi connectivity index (χ4v) is 4.86. The Labute approximate surface area is 192 Å². The van der Waals surface area contributed by atoms with Gasteiger partial charge in [-0.1, -0.05) is 36.9 Å². The van der Waals surface area contributed by atoms with Crippen molar-refractivity contribution < 1.29 is 4.79 Å². The number of para-hydroxylation sites is 1. The SMILES string of the molecule is CCCn1c(N)c(C(=O)CSc2nnc(-c3c[nH]c4ccccc34)n2C2CC2)c(=O)[nH]c1=O. The van der Waals surface area contributed by atoms with E-state index in [0.29, 0.717) is 18.1 Å². The number of aromatic nitrogens is 6. The van der Waals surface area contributed by atoms with E-state index in [1.54, 1.807) is 0 Å². The van der Waals surface area contributed by atoms with Crippen molar-refractivity contribution in [1.82, 2.24) is 29.3 Å². The summed E-state index contributed by atoms with van der Waals surface area (Å²) in [7, 11) is 0. The molecule has 1 aromatic carbocycles. The quantitative estimate of drug-likeness (QED) is 0.268. The summed E-state index contributed by atoms with van der Waals surface area (Å²) >= 11 is 1.22. The molecule has 33 heavy (non-hydrogen) atoms. The van der Waals surface area contributed by atoms with Crippen LogP contribution in [0, 0.1) is 0 Å². The monoisotopic (exact) mass is 465 g/mol. The highest BCUT2D eigenvalue weighted by atomic mass is 32.2. The van der Waals surface area contributed by atoms with Crippen molar-refractivity contribution in [3.8, 4) is 11.4 Å². The van der Waals surface area contributed by atoms with Crippen molar-refractivity contribution in [2.75, 3.05) is 11.5 Å². The Hall–Kier alpha value is -3.60. The molecule has 0 saturated heterocycles. The minimum atomic E-state index is -0.765. The molecule has 0 amide bonds. The van der Waals surface area contributed by atoms with Crippen molar-refractivity contribution in [3.63, 3.8) is 0 Å². The van der Waals surface area contributed by atoms with E-state index in [-0.39, 0.29) is 23.2 Å². The number of thioether (sulfide) groups is 1. The Morgan fingerprint density at radius 1 is 1.24 bits per heavy atom. The number of hydrogen-bond acceptors (Lipinski definition) is 7. The molecule has 4 aromatic rings. The molecule has 0 aliphatic heterocycles. The molecule has 0 unspecified atom stereocenters. The molecular formula is C22H23N7O3S. The van der Waals surface area contributed by atoms with Crippen LogP contribution in [0.3, 0.4) is 0 Å². The van der Waals surface area contributed by atoms with Crippen LogP contribution in [0.4, 0.5) is 5.82 Å². The van der Waals surface area contributed by atoms with Crippen LogP contribution < -0.4 is 17.0 Å². The topological polar surface area (TPSA) is 144 Å². The molecule has 3 aromatic heterocycles. The van der Waals surface area contributed by atoms with Gasteiger partial charge in [0.05, 0.1) is 5.75 Å². The van der Waals surface area contributed by atoms with Gasteiger partial charge in [0.2, 0.25) is 0 Å². The first-order valence-corrected chi connectivity index (χ1v) is 11.8. The molecule has 5 rings (SSSR count). The van der Waals surface area contributed by atoms with Crippen molar-refractivity contribution in [3.05, 3.63) is 56.9 Å². The summed E-state index contributed by atoms with van der Waals surface area (Å²) in [5.74, 6) is 0.150. The summed E-state index contributed by atoms with van der Waals surface area (Å²) in [6.45, 7) is 2.20. The highest BCUT2D eigenvalue weighted by Gasteiger charge is 2.31. The molecule has 1 aliphatic rings. The number of rotatable bonds is 8. The van der Waals surface area contributed by atoms with Gasteiger partial charge in [-0.2, -0.15) is 0 Å². The molecule has 170 valence electrons. The van der Waals surface area contributed by atoms with Crippen LogP contribution >= 0.6 is 11.8 Å². The minimum absolute atomic E-state index is 0.0453. The molecule has 0 bridgehead atoms. The Balaban J connectivity index is 1.45. The van der Waals surface area contributed by atoms with E-state index in [1.165, 1.54) is 16.3 Å². The number of ketones is 1. The number of hydrogen-bond donors (Lipinski definition) is 3. The number of anilines is 1. The van der Waals surface area contributed by atoms with E-state index < -0.39 is 17.0 Å². The van der Waals surface area contributed by atoms with Gasteiger partial charge in [0, 0.05) is 35.2 Å². The number of aromatic amines is 2. The molecule has 11 heteroatoms. The lowest BCUT2D eigenvalue weighted by molar-refractivity contribution is 0.102. The first-order valence-electron chi connectivity index (χ1n) is 10.8. The standard InChI is InChI=1S/C22H23N7O3S/c1-2-9-28-18(23)17(20(31)25-21(28)32)16(30)11-33-22-27-26-19(29(22)12-7-8-12)14-10-24-15-6-4-3-5-13(14)15/h3-6,10,12,24H,2,7-9,11,23H2,1H3,(H,25,31,32). The second kappa shape index (κ2) is 8.39. The number of nitrogens with zero attached hydrogens (tertiary/aromatic N) is 4. The molecule has 10 nitrogen and oxygen atoms in total. The highest BCUT2D eigenvalue weighted by molar-refractivity contribution is 7.99. The van der Waals surface area contributed by atoms with Gasteiger partial charge in [0.1, 0.15) is 11.4 Å². The summed E-state index contributed by atoms with van der Waals surface area (Å²) in [6, 6.07) is 8.26. The van der Waals surface area contributed by atoms with Gasteiger partial charge in [0.15, 0.2) is 16.8 Å². The van der Waals surface area contributed by atoms with Crippen molar-refractivity contribution in [2.24, 2.45) is 0 Å². The van der Waals surface area contributed by atoms with Crippen LogP contribution in [0.2, 0.25) is 0 Å². The van der Waals surface area contributed by atoms with E-state index in [4.69, 9.17) is 5.73 Å². The van der Waals surface area contributed by atoms with Crippen LogP contribution in [0.15, 0.2) is 45.2 Å². The number of benzene rings is 1. The van der Waals surface area contributed by atoms with E-state index in [2.05, 4.69) is 24.7 Å². The van der Waals surface area contributed by atoms with Gasteiger partial charge in [-0.15, -0.1) is 10.2 Å². The number of fused-ring (bicyclic) bond motifs is 1. The lowest BCUT2D eigenvalue weighted by Crippen LogP contribution is -2.36. The average molecular weight is 466 g/mol. The summed E-state index contributed by atoms with van der Waals surface area (Å²) in [5.41, 5.74) is 6.43. The molecule has 0 atom stereocenters. The van der Waals surface area contributed by atoms with Crippen LogP contribution in [0.25, 0.3) is 22.3 Å². The van der Waals surface area contributed by atoms with Crippen LogP contribution in [-0.4, -0.2) is 40.8 Å². The zero-order valence-corrected chi connectivity index (χ0v) is 18.8. The summed E-state index contributed by atoms with van der Waals surface area (Å²) in [6.07, 6.45) is 4.59. The molecule has 1 saturated carbocycles. The van der Waals surface area contributed by atoms with Crippen molar-refractivity contribution >= 4 is 34.3 Å². The molecule has 0 radical (unpaired) electrons. The average Bonchev–Trinajstić information content (AvgIpc) is 3.40. The molecule has 1 fully saturated rings. The highest BCUT2D eigenvalue weighted by Crippen LogP contribution is 2.42. The number of H-pyrrole nitrogens is 2. The summed E-state index contributed by atoms with van der Waals surface area (Å²) in [5, 5.41) is 10.4. The first-order chi connectivity index (χ1) is 16.0. The zero-order chi connectivity index (χ0) is 23.1. The molecule has 1 aliphatic carbocycles. The van der Waals surface area contributed by atoms with Gasteiger partial charge in [-0.3, -0.25) is 23.7 Å². The Morgan fingerprint density at radius 2 is 2.03 bits per heavy atom. The number of carbonyl (C=O) groups is 1. The predicted molar refractivity (Wildman–Crippen MR) is 127 cm³/mol. The van der Waals surface area contributed by atoms with Gasteiger partial charge in [0.25, 0.3) is 5.56 Å². The fourth-order valence-electron chi connectivity index (χ4n) is 3.98. The van der Waals surface area contributed by atoms with E-state index >= 15 is 0 Å². The largest absolute Gasteiger partial charge is 0.384 e. The third-order valence-electron chi connectivity index (χ3n) is 5.70. The maximum absolute atomic E-state index is 12.9. The van der Waals surface area contributed by atoms with Gasteiger partial charge in [-0.05, 0) is 25.3 Å². The van der Waals surface area contributed by atoms with Gasteiger partial charge < -0.3 is 10.7 Å². The first kappa shape index (κ1) is 21.3. The van der Waals surface area contributed by atoms with E-state index in [0.717, 1.165) is 35.1 Å². The van der Waals surface area contributed by atoms with Crippen molar-refractivity contribution in [2.45, 2.75) is 43.9 Å². The summed E-state index contributed by atoms with van der Waals surface area (Å²) in [4.78, 5) is 42.7. The minimum Gasteiger partial charge on any atom is -0.384 e. The lowest BCUT2D eigenvalue weighted by Gasteiger charge is -2.11. The van der Waals surface area contributed by atoms with Crippen LogP contribution in [0.5, 0.6) is 0 Å². The smallest absolute Gasteiger partial charge is 0.329 e. The second-order valence-electron chi connectivity index (χ2n) is 8.04. The normalized spacial score (nSPS) is 13.6. The fraction of sp³-hybridized carbons (Fsp3) is 0.318. The Bertz CT molecular complexity index is 1480. The van der Waals surface area contributed by atoms with Gasteiger partial charge >= 0.3 is 5.69 Å². The van der Waals surface area contributed by atoms with Crippen LogP contribution in [0.1, 0.15) is 42.6 Å². The van der Waals surface area contributed by atoms with E-state index in [1.807, 2.05) is 37.4 Å². The molecule has 4 N–H and O–H groups in total. The second-order valence-corrected chi connectivity index (χ2v) is 8.98. The lowest BCUT2D eigenvalue weighted by atomic mass is 10.1. The number of nitrogen functional groups attached to an aromatic ring is 1. The van der Waals surface area contributed by atoms with Crippen LogP contribution in [-0.2, 0) is 6.54 Å². The zero-order valence-electron chi connectivity index (χ0n) is 18.0. The number of nitrogens with one attached hydrogen (secondary N) is 2. The molecule has 0 spiro atoms. The number of Topliss-reactive ketones (excluding diaryl/α,β-unsaturated/α-hetero) is 1. The third-order valence-corrected chi connectivity index (χ3v) is 6.65. The maximum Gasteiger partial charge on any atom is 0.329 e. The number of carbonyl (C=O) groups excluding carboxylic acids is 1. The Morgan fingerprint density at radius 3 is 2.79 bits per heavy atom. The molecular weight excluding hydrogens is 442 g/mol. The van der Waals surface area contributed by atoms with Gasteiger partial charge in [-0.25, -0.2) is 4.79 Å². The van der Waals surface area contributed by atoms with Crippen molar-refractivity contribution in [1.29, 1.82) is 0 Å². The van der Waals surface area contributed by atoms with E-state index in [9.17, 15) is 14.4 Å². The Kier molecular flexibility index (Phi) is 5.41. The summed E-state index contributed by atoms with van der Waals surface area (Å²) < 4.78 is 3.29. The molecule has 3 heterocycles. The maximum atomic E-state index is 12.9.